The maximum Gasteiger partial charge on any atom is 0.148 e. The summed E-state index contributed by atoms with van der Waals surface area (Å²) in [5.74, 6) is 0.552. The molecule has 2 rings (SSSR count). The quantitative estimate of drug-likeness (QED) is 0.887. The first kappa shape index (κ1) is 13.4. The van der Waals surface area contributed by atoms with Gasteiger partial charge in [0.15, 0.2) is 0 Å². The van der Waals surface area contributed by atoms with Crippen molar-refractivity contribution in [3.8, 4) is 6.07 Å². The van der Waals surface area contributed by atoms with Crippen LogP contribution < -0.4 is 5.32 Å². The molecule has 1 N–H and O–H groups in total. The molecule has 3 nitrogen and oxygen atoms in total. The van der Waals surface area contributed by atoms with Crippen LogP contribution in [0.2, 0.25) is 5.02 Å². The minimum absolute atomic E-state index is 0.546. The zero-order valence-corrected chi connectivity index (χ0v) is 11.8. The summed E-state index contributed by atoms with van der Waals surface area (Å²) in [7, 11) is 0. The number of benzene rings is 1. The molecular weight excluding hydrogens is 258 g/mol. The first-order valence-electron chi connectivity index (χ1n) is 5.93. The van der Waals surface area contributed by atoms with Crippen molar-refractivity contribution >= 4 is 23.1 Å². The zero-order valence-electron chi connectivity index (χ0n) is 11.1. The van der Waals surface area contributed by atoms with Crippen LogP contribution in [0.25, 0.3) is 0 Å². The average Bonchev–Trinajstić information content (AvgIpc) is 2.33. The Labute approximate surface area is 117 Å². The van der Waals surface area contributed by atoms with Crippen molar-refractivity contribution < 1.29 is 0 Å². The van der Waals surface area contributed by atoms with E-state index in [-0.39, 0.29) is 0 Å². The van der Waals surface area contributed by atoms with Gasteiger partial charge < -0.3 is 5.32 Å². The van der Waals surface area contributed by atoms with E-state index in [0.29, 0.717) is 16.4 Å². The fraction of sp³-hybridized carbons (Fsp3) is 0.200. The molecule has 0 aliphatic heterocycles. The summed E-state index contributed by atoms with van der Waals surface area (Å²) >= 11 is 6.18. The normalized spacial score (nSPS) is 10.1. The van der Waals surface area contributed by atoms with E-state index in [2.05, 4.69) is 16.4 Å². The lowest BCUT2D eigenvalue weighted by atomic mass is 10.1. The van der Waals surface area contributed by atoms with Gasteiger partial charge in [0, 0.05) is 5.69 Å². The number of halogens is 1. The number of anilines is 2. The van der Waals surface area contributed by atoms with E-state index >= 15 is 0 Å². The van der Waals surface area contributed by atoms with Gasteiger partial charge in [-0.05, 0) is 44.0 Å². The third-order valence-corrected chi connectivity index (χ3v) is 3.24. The van der Waals surface area contributed by atoms with Gasteiger partial charge in [-0.1, -0.05) is 23.7 Å². The van der Waals surface area contributed by atoms with Crippen LogP contribution >= 0.6 is 11.6 Å². The Morgan fingerprint density at radius 1 is 1.21 bits per heavy atom. The Morgan fingerprint density at radius 2 is 1.95 bits per heavy atom. The highest BCUT2D eigenvalue weighted by Gasteiger charge is 2.11. The molecular formula is C15H14ClN3. The van der Waals surface area contributed by atoms with Crippen LogP contribution in [0.4, 0.5) is 11.5 Å². The van der Waals surface area contributed by atoms with Crippen LogP contribution in [0.5, 0.6) is 0 Å². The van der Waals surface area contributed by atoms with Crippen LogP contribution in [0, 0.1) is 32.1 Å². The van der Waals surface area contributed by atoms with Crippen molar-refractivity contribution in [1.29, 1.82) is 5.26 Å². The van der Waals surface area contributed by atoms with Crippen molar-refractivity contribution in [1.82, 2.24) is 4.98 Å². The number of aryl methyl sites for hydroxylation is 3. The second-order valence-corrected chi connectivity index (χ2v) is 4.88. The second kappa shape index (κ2) is 5.29. The highest BCUT2D eigenvalue weighted by molar-refractivity contribution is 6.33. The van der Waals surface area contributed by atoms with E-state index in [0.717, 1.165) is 22.5 Å². The molecule has 19 heavy (non-hydrogen) atoms. The maximum atomic E-state index is 9.24. The number of para-hydroxylation sites is 1. The molecule has 0 aliphatic carbocycles. The van der Waals surface area contributed by atoms with Gasteiger partial charge in [0.2, 0.25) is 0 Å². The predicted molar refractivity (Wildman–Crippen MR) is 77.9 cm³/mol. The highest BCUT2D eigenvalue weighted by atomic mass is 35.5. The summed E-state index contributed by atoms with van der Waals surface area (Å²) in [6, 6.07) is 9.74. The molecule has 4 heteroatoms. The first-order chi connectivity index (χ1) is 9.02. The fourth-order valence-electron chi connectivity index (χ4n) is 1.98. The van der Waals surface area contributed by atoms with Gasteiger partial charge in [-0.25, -0.2) is 4.98 Å². The molecule has 0 atom stereocenters. The second-order valence-electron chi connectivity index (χ2n) is 4.47. The largest absolute Gasteiger partial charge is 0.338 e. The molecule has 0 aliphatic rings. The van der Waals surface area contributed by atoms with E-state index in [1.165, 1.54) is 0 Å². The molecule has 96 valence electrons. The molecule has 1 heterocycles. The molecule has 0 amide bonds. The number of nitrogens with one attached hydrogen (secondary N) is 1. The maximum absolute atomic E-state index is 9.24. The molecule has 0 fully saturated rings. The Hall–Kier alpha value is -2.05. The number of hydrogen-bond acceptors (Lipinski definition) is 3. The van der Waals surface area contributed by atoms with Gasteiger partial charge >= 0.3 is 0 Å². The minimum Gasteiger partial charge on any atom is -0.338 e. The molecule has 0 radical (unpaired) electrons. The Bertz CT molecular complexity index is 652. The lowest BCUT2D eigenvalue weighted by molar-refractivity contribution is 1.16. The molecule has 2 aromatic rings. The minimum atomic E-state index is 0.546. The molecule has 0 saturated carbocycles. The number of nitrogens with zero attached hydrogens (tertiary/aromatic N) is 2. The third kappa shape index (κ3) is 2.69. The van der Waals surface area contributed by atoms with Crippen LogP contribution in [0.15, 0.2) is 24.3 Å². The smallest absolute Gasteiger partial charge is 0.148 e. The Balaban J connectivity index is 2.53. The highest BCUT2D eigenvalue weighted by Crippen LogP contribution is 2.30. The van der Waals surface area contributed by atoms with Crippen LogP contribution in [-0.2, 0) is 0 Å². The topological polar surface area (TPSA) is 48.7 Å². The molecule has 0 saturated heterocycles. The summed E-state index contributed by atoms with van der Waals surface area (Å²) in [5, 5.41) is 13.0. The molecule has 1 aromatic carbocycles. The van der Waals surface area contributed by atoms with Crippen LogP contribution in [0.1, 0.15) is 22.4 Å². The summed E-state index contributed by atoms with van der Waals surface area (Å²) in [6.45, 7) is 5.76. The van der Waals surface area contributed by atoms with Crippen molar-refractivity contribution in [2.24, 2.45) is 0 Å². The lowest BCUT2D eigenvalue weighted by Crippen LogP contribution is -2.02. The number of hydrogen-bond donors (Lipinski definition) is 1. The third-order valence-electron chi connectivity index (χ3n) is 2.92. The predicted octanol–water partition coefficient (Wildman–Crippen LogP) is 4.28. The van der Waals surface area contributed by atoms with Gasteiger partial charge in [0.25, 0.3) is 0 Å². The number of aromatic nitrogens is 1. The molecule has 1 aromatic heterocycles. The summed E-state index contributed by atoms with van der Waals surface area (Å²) in [6.07, 6.45) is 0. The van der Waals surface area contributed by atoms with Gasteiger partial charge in [-0.2, -0.15) is 5.26 Å². The van der Waals surface area contributed by atoms with Gasteiger partial charge in [0.05, 0.1) is 16.3 Å². The number of pyridine rings is 1. The lowest BCUT2D eigenvalue weighted by Gasteiger charge is -2.13. The van der Waals surface area contributed by atoms with E-state index in [1.54, 1.807) is 0 Å². The molecule has 0 spiro atoms. The van der Waals surface area contributed by atoms with Crippen molar-refractivity contribution in [2.75, 3.05) is 5.32 Å². The molecule has 0 unspecified atom stereocenters. The first-order valence-corrected chi connectivity index (χ1v) is 6.31. The van der Waals surface area contributed by atoms with Crippen LogP contribution in [0.3, 0.4) is 0 Å². The summed E-state index contributed by atoms with van der Waals surface area (Å²) in [4.78, 5) is 4.39. The van der Waals surface area contributed by atoms with E-state index in [4.69, 9.17) is 11.6 Å². The van der Waals surface area contributed by atoms with Crippen molar-refractivity contribution in [2.45, 2.75) is 20.8 Å². The zero-order chi connectivity index (χ0) is 14.0. The van der Waals surface area contributed by atoms with Crippen molar-refractivity contribution in [3.05, 3.63) is 51.7 Å². The summed E-state index contributed by atoms with van der Waals surface area (Å²) in [5.41, 5.74) is 4.12. The standard InChI is InChI=1S/C15H14ClN3/c1-9-5-4-6-13(16)14(9)19-15-12(8-17)10(2)7-11(3)18-15/h4-7H,1-3H3,(H,18,19). The summed E-state index contributed by atoms with van der Waals surface area (Å²) < 4.78 is 0. The van der Waals surface area contributed by atoms with E-state index in [1.807, 2.05) is 45.0 Å². The van der Waals surface area contributed by atoms with Gasteiger partial charge in [0.1, 0.15) is 11.9 Å². The average molecular weight is 272 g/mol. The van der Waals surface area contributed by atoms with Crippen molar-refractivity contribution in [3.63, 3.8) is 0 Å². The van der Waals surface area contributed by atoms with E-state index in [9.17, 15) is 5.26 Å². The monoisotopic (exact) mass is 271 g/mol. The van der Waals surface area contributed by atoms with Gasteiger partial charge in [-0.3, -0.25) is 0 Å². The molecule has 0 bridgehead atoms. The van der Waals surface area contributed by atoms with Gasteiger partial charge in [-0.15, -0.1) is 0 Å². The fourth-order valence-corrected chi connectivity index (χ4v) is 2.25. The number of nitriles is 1. The van der Waals surface area contributed by atoms with Crippen LogP contribution in [-0.4, -0.2) is 4.98 Å². The Kier molecular flexibility index (Phi) is 3.73. The Morgan fingerprint density at radius 3 is 2.58 bits per heavy atom. The number of rotatable bonds is 2. The van der Waals surface area contributed by atoms with E-state index < -0.39 is 0 Å². The SMILES string of the molecule is Cc1cc(C)c(C#N)c(Nc2c(C)cccc2Cl)n1.